The predicted molar refractivity (Wildman–Crippen MR) is 33.7 cm³/mol. The number of nitrogens with one attached hydrogen (secondary N) is 1. The highest BCUT2D eigenvalue weighted by Crippen LogP contribution is 2.30. The van der Waals surface area contributed by atoms with Crippen LogP contribution in [0.2, 0.25) is 0 Å². The lowest BCUT2D eigenvalue weighted by Gasteiger charge is -2.01. The van der Waals surface area contributed by atoms with Crippen LogP contribution in [-0.2, 0) is 0 Å². The van der Waals surface area contributed by atoms with E-state index in [0.717, 1.165) is 12.0 Å². The van der Waals surface area contributed by atoms with E-state index < -0.39 is 0 Å². The molecule has 0 amide bonds. The molecule has 8 heavy (non-hydrogen) atoms. The molecule has 1 N–H and O–H groups in total. The van der Waals surface area contributed by atoms with Gasteiger partial charge in [-0.3, -0.25) is 0 Å². The van der Waals surface area contributed by atoms with Gasteiger partial charge in [0.2, 0.25) is 0 Å². The Labute approximate surface area is 50.5 Å². The van der Waals surface area contributed by atoms with Gasteiger partial charge in [-0.1, -0.05) is 12.8 Å². The zero-order valence-corrected chi connectivity index (χ0v) is 5.19. The van der Waals surface area contributed by atoms with Crippen LogP contribution in [0, 0.1) is 5.92 Å². The highest BCUT2D eigenvalue weighted by molar-refractivity contribution is 4.91. The van der Waals surface area contributed by atoms with Gasteiger partial charge in [0.1, 0.15) is 0 Å². The minimum atomic E-state index is 0.942. The van der Waals surface area contributed by atoms with Gasteiger partial charge in [-0.25, -0.2) is 0 Å². The minimum Gasteiger partial charge on any atom is -0.311 e. The third-order valence-electron chi connectivity index (χ3n) is 2.41. The van der Waals surface area contributed by atoms with E-state index in [0.29, 0.717) is 0 Å². The molecule has 1 aliphatic carbocycles. The minimum absolute atomic E-state index is 0.942. The lowest BCUT2D eigenvalue weighted by atomic mass is 10.1. The maximum atomic E-state index is 3.38. The quantitative estimate of drug-likeness (QED) is 0.504. The van der Waals surface area contributed by atoms with Crippen molar-refractivity contribution in [1.82, 2.24) is 5.32 Å². The van der Waals surface area contributed by atoms with Gasteiger partial charge in [0.15, 0.2) is 0 Å². The standard InChI is InChI=1S/C7H13N/c1-2-4-6(3-1)7-5-8-7/h6-8H,1-5H2. The van der Waals surface area contributed by atoms with E-state index in [9.17, 15) is 0 Å². The third kappa shape index (κ3) is 0.752. The van der Waals surface area contributed by atoms with Gasteiger partial charge in [-0.2, -0.15) is 0 Å². The van der Waals surface area contributed by atoms with E-state index in [1.807, 2.05) is 0 Å². The number of rotatable bonds is 1. The van der Waals surface area contributed by atoms with E-state index in [4.69, 9.17) is 0 Å². The van der Waals surface area contributed by atoms with Crippen LogP contribution < -0.4 is 5.32 Å². The van der Waals surface area contributed by atoms with Gasteiger partial charge in [0, 0.05) is 12.6 Å². The Morgan fingerprint density at radius 3 is 2.25 bits per heavy atom. The van der Waals surface area contributed by atoms with Crippen molar-refractivity contribution in [3.8, 4) is 0 Å². The highest BCUT2D eigenvalue weighted by atomic mass is 15.1. The Bertz CT molecular complexity index is 80.4. The van der Waals surface area contributed by atoms with Gasteiger partial charge >= 0.3 is 0 Å². The summed E-state index contributed by atoms with van der Waals surface area (Å²) in [6.45, 7) is 1.31. The molecule has 0 aromatic heterocycles. The van der Waals surface area contributed by atoms with Crippen molar-refractivity contribution in [2.24, 2.45) is 5.92 Å². The Hall–Kier alpha value is -0.0400. The summed E-state index contributed by atoms with van der Waals surface area (Å²) in [5.41, 5.74) is 0. The summed E-state index contributed by atoms with van der Waals surface area (Å²) in [5, 5.41) is 3.38. The average Bonchev–Trinajstić information content (AvgIpc) is 2.49. The molecule has 2 aliphatic rings. The molecular formula is C7H13N. The van der Waals surface area contributed by atoms with Crippen LogP contribution in [0.4, 0.5) is 0 Å². The van der Waals surface area contributed by atoms with Crippen LogP contribution in [0.15, 0.2) is 0 Å². The lowest BCUT2D eigenvalue weighted by Crippen LogP contribution is -2.04. The Morgan fingerprint density at radius 1 is 1.12 bits per heavy atom. The molecule has 0 aromatic carbocycles. The van der Waals surface area contributed by atoms with Crippen molar-refractivity contribution in [2.75, 3.05) is 6.54 Å². The van der Waals surface area contributed by atoms with E-state index in [1.165, 1.54) is 32.2 Å². The lowest BCUT2D eigenvalue weighted by molar-refractivity contribution is 0.536. The van der Waals surface area contributed by atoms with Gasteiger partial charge < -0.3 is 5.32 Å². The molecule has 1 unspecified atom stereocenters. The fourth-order valence-electron chi connectivity index (χ4n) is 1.76. The summed E-state index contributed by atoms with van der Waals surface area (Å²) in [4.78, 5) is 0. The third-order valence-corrected chi connectivity index (χ3v) is 2.41. The molecule has 1 aliphatic heterocycles. The molecule has 1 saturated heterocycles. The SMILES string of the molecule is C1CCC(C2CN2)C1. The molecule has 1 nitrogen and oxygen atoms in total. The summed E-state index contributed by atoms with van der Waals surface area (Å²) in [6, 6.07) is 0.942. The van der Waals surface area contributed by atoms with Crippen molar-refractivity contribution in [2.45, 2.75) is 31.7 Å². The molecule has 0 aromatic rings. The van der Waals surface area contributed by atoms with Gasteiger partial charge in [-0.15, -0.1) is 0 Å². The van der Waals surface area contributed by atoms with Crippen LogP contribution in [0.1, 0.15) is 25.7 Å². The van der Waals surface area contributed by atoms with Crippen LogP contribution in [0.3, 0.4) is 0 Å². The smallest absolute Gasteiger partial charge is 0.0221 e. The molecule has 0 spiro atoms. The van der Waals surface area contributed by atoms with Crippen molar-refractivity contribution in [3.63, 3.8) is 0 Å². The molecule has 0 radical (unpaired) electrons. The first-order chi connectivity index (χ1) is 3.97. The van der Waals surface area contributed by atoms with Gasteiger partial charge in [0.25, 0.3) is 0 Å². The second-order valence-corrected chi connectivity index (χ2v) is 3.06. The Morgan fingerprint density at radius 2 is 1.75 bits per heavy atom. The van der Waals surface area contributed by atoms with Crippen molar-refractivity contribution < 1.29 is 0 Å². The highest BCUT2D eigenvalue weighted by Gasteiger charge is 2.31. The summed E-state index contributed by atoms with van der Waals surface area (Å²) < 4.78 is 0. The van der Waals surface area contributed by atoms with Gasteiger partial charge in [0.05, 0.1) is 0 Å². The topological polar surface area (TPSA) is 21.9 Å². The van der Waals surface area contributed by atoms with Crippen molar-refractivity contribution in [3.05, 3.63) is 0 Å². The van der Waals surface area contributed by atoms with Crippen molar-refractivity contribution in [1.29, 1.82) is 0 Å². The number of hydrogen-bond acceptors (Lipinski definition) is 1. The molecule has 2 rings (SSSR count). The molecule has 2 fully saturated rings. The van der Waals surface area contributed by atoms with E-state index in [1.54, 1.807) is 0 Å². The maximum Gasteiger partial charge on any atom is 0.0221 e. The fourth-order valence-corrected chi connectivity index (χ4v) is 1.76. The molecule has 46 valence electrons. The predicted octanol–water partition coefficient (Wildman–Crippen LogP) is 1.15. The van der Waals surface area contributed by atoms with E-state index in [-0.39, 0.29) is 0 Å². The largest absolute Gasteiger partial charge is 0.311 e. The van der Waals surface area contributed by atoms with Crippen LogP contribution in [-0.4, -0.2) is 12.6 Å². The van der Waals surface area contributed by atoms with Crippen molar-refractivity contribution >= 4 is 0 Å². The summed E-state index contributed by atoms with van der Waals surface area (Å²) >= 11 is 0. The summed E-state index contributed by atoms with van der Waals surface area (Å²) in [7, 11) is 0. The maximum absolute atomic E-state index is 3.38. The summed E-state index contributed by atoms with van der Waals surface area (Å²) in [6.07, 6.45) is 5.97. The summed E-state index contributed by atoms with van der Waals surface area (Å²) in [5.74, 6) is 1.06. The fraction of sp³-hybridized carbons (Fsp3) is 1.00. The van der Waals surface area contributed by atoms with E-state index in [2.05, 4.69) is 5.32 Å². The molecule has 1 atom stereocenters. The zero-order valence-electron chi connectivity index (χ0n) is 5.19. The molecule has 1 heterocycles. The second kappa shape index (κ2) is 1.73. The molecule has 1 heteroatoms. The van der Waals surface area contributed by atoms with Crippen LogP contribution in [0.25, 0.3) is 0 Å². The van der Waals surface area contributed by atoms with Gasteiger partial charge in [-0.05, 0) is 18.8 Å². The first kappa shape index (κ1) is 4.80. The van der Waals surface area contributed by atoms with E-state index >= 15 is 0 Å². The first-order valence-electron chi connectivity index (χ1n) is 3.70. The Balaban J connectivity index is 1.86. The first-order valence-corrected chi connectivity index (χ1v) is 3.70. The molecule has 0 bridgehead atoms. The molecule has 1 saturated carbocycles. The molecular weight excluding hydrogens is 98.1 g/mol. The zero-order chi connectivity index (χ0) is 5.40. The van der Waals surface area contributed by atoms with Crippen LogP contribution in [0.5, 0.6) is 0 Å². The number of hydrogen-bond donors (Lipinski definition) is 1. The second-order valence-electron chi connectivity index (χ2n) is 3.06. The monoisotopic (exact) mass is 111 g/mol. The normalized spacial score (nSPS) is 38.2. The Kier molecular flexibility index (Phi) is 1.04. The van der Waals surface area contributed by atoms with Crippen LogP contribution >= 0.6 is 0 Å². The average molecular weight is 111 g/mol.